The fraction of sp³-hybridized carbons (Fsp3) is 0.556. The average molecular weight is 417 g/mol. The molecule has 0 spiro atoms. The summed E-state index contributed by atoms with van der Waals surface area (Å²) >= 11 is 0. The fourth-order valence-electron chi connectivity index (χ4n) is 3.73. The van der Waals surface area contributed by atoms with Gasteiger partial charge < -0.3 is 4.74 Å². The first-order valence-electron chi connectivity index (χ1n) is 11.9. The fourth-order valence-corrected chi connectivity index (χ4v) is 3.73. The van der Waals surface area contributed by atoms with Crippen molar-refractivity contribution in [3.8, 4) is 16.9 Å². The predicted molar refractivity (Wildman–Crippen MR) is 123 cm³/mol. The Hall–Kier alpha value is -1.90. The summed E-state index contributed by atoms with van der Waals surface area (Å²) in [5, 5.41) is 0. The van der Waals surface area contributed by atoms with Gasteiger partial charge in [0.2, 0.25) is 0 Å². The molecule has 0 radical (unpaired) electrons. The Morgan fingerprint density at radius 3 is 1.90 bits per heavy atom. The molecule has 3 heteroatoms. The van der Waals surface area contributed by atoms with Crippen molar-refractivity contribution in [2.75, 3.05) is 6.61 Å². The van der Waals surface area contributed by atoms with Gasteiger partial charge in [-0.05, 0) is 42.5 Å². The molecule has 0 atom stereocenters. The van der Waals surface area contributed by atoms with Crippen LogP contribution in [0.2, 0.25) is 0 Å². The first kappa shape index (κ1) is 24.4. The summed E-state index contributed by atoms with van der Waals surface area (Å²) in [5.74, 6) is -0.676. The molecule has 0 saturated carbocycles. The van der Waals surface area contributed by atoms with Gasteiger partial charge in [0, 0.05) is 5.56 Å². The molecule has 0 aliphatic carbocycles. The maximum atomic E-state index is 14.6. The van der Waals surface area contributed by atoms with Crippen molar-refractivity contribution in [3.63, 3.8) is 0 Å². The maximum absolute atomic E-state index is 14.6. The molecule has 0 amide bonds. The highest BCUT2D eigenvalue weighted by Gasteiger charge is 2.14. The smallest absolute Gasteiger partial charge is 0.166 e. The molecule has 0 bridgehead atoms. The van der Waals surface area contributed by atoms with Crippen molar-refractivity contribution < 1.29 is 13.5 Å². The van der Waals surface area contributed by atoms with Crippen molar-refractivity contribution in [2.45, 2.75) is 90.9 Å². The zero-order valence-corrected chi connectivity index (χ0v) is 18.8. The normalized spacial score (nSPS) is 11.1. The summed E-state index contributed by atoms with van der Waals surface area (Å²) in [6, 6.07) is 10.7. The molecule has 2 aromatic carbocycles. The van der Waals surface area contributed by atoms with Gasteiger partial charge in [-0.2, -0.15) is 0 Å². The molecule has 2 rings (SSSR count). The van der Waals surface area contributed by atoms with Crippen LogP contribution in [0.5, 0.6) is 5.75 Å². The number of aryl methyl sites for hydroxylation is 1. The van der Waals surface area contributed by atoms with E-state index in [2.05, 4.69) is 13.8 Å². The highest BCUT2D eigenvalue weighted by Crippen LogP contribution is 2.28. The van der Waals surface area contributed by atoms with Crippen molar-refractivity contribution in [1.82, 2.24) is 0 Å². The second kappa shape index (κ2) is 14.2. The van der Waals surface area contributed by atoms with Gasteiger partial charge in [-0.25, -0.2) is 8.78 Å². The summed E-state index contributed by atoms with van der Waals surface area (Å²) in [4.78, 5) is 0. The minimum Gasteiger partial charge on any atom is -0.494 e. The lowest BCUT2D eigenvalue weighted by atomic mass is 9.99. The Morgan fingerprint density at radius 2 is 1.23 bits per heavy atom. The van der Waals surface area contributed by atoms with Crippen LogP contribution in [0.4, 0.5) is 8.78 Å². The van der Waals surface area contributed by atoms with E-state index in [1.165, 1.54) is 44.9 Å². The van der Waals surface area contributed by atoms with Gasteiger partial charge in [0.1, 0.15) is 5.75 Å². The number of unbranched alkanes of at least 4 members (excludes halogenated alkanes) is 9. The zero-order valence-electron chi connectivity index (χ0n) is 18.8. The molecule has 0 aliphatic heterocycles. The number of hydrogen-bond acceptors (Lipinski definition) is 1. The number of rotatable bonds is 15. The zero-order chi connectivity index (χ0) is 21.6. The van der Waals surface area contributed by atoms with E-state index in [0.717, 1.165) is 31.4 Å². The maximum Gasteiger partial charge on any atom is 0.166 e. The molecule has 0 fully saturated rings. The van der Waals surface area contributed by atoms with E-state index in [-0.39, 0.29) is 0 Å². The number of halogens is 2. The minimum atomic E-state index is -0.748. The Labute approximate surface area is 181 Å². The van der Waals surface area contributed by atoms with Gasteiger partial charge in [0.15, 0.2) is 11.6 Å². The summed E-state index contributed by atoms with van der Waals surface area (Å²) in [6.07, 6.45) is 13.5. The Bertz CT molecular complexity index is 724. The van der Waals surface area contributed by atoms with Crippen molar-refractivity contribution in [2.24, 2.45) is 0 Å². The van der Waals surface area contributed by atoms with Gasteiger partial charge >= 0.3 is 0 Å². The highest BCUT2D eigenvalue weighted by molar-refractivity contribution is 5.65. The monoisotopic (exact) mass is 416 g/mol. The molecule has 0 aromatic heterocycles. The van der Waals surface area contributed by atoms with Gasteiger partial charge in [0.25, 0.3) is 0 Å². The van der Waals surface area contributed by atoms with E-state index in [1.807, 2.05) is 12.1 Å². The first-order chi connectivity index (χ1) is 14.7. The van der Waals surface area contributed by atoms with E-state index < -0.39 is 11.6 Å². The lowest BCUT2D eigenvalue weighted by Gasteiger charge is -2.10. The highest BCUT2D eigenvalue weighted by atomic mass is 19.2. The Morgan fingerprint density at radius 1 is 0.633 bits per heavy atom. The van der Waals surface area contributed by atoms with Gasteiger partial charge in [-0.1, -0.05) is 95.9 Å². The van der Waals surface area contributed by atoms with Crippen LogP contribution in [0.3, 0.4) is 0 Å². The standard InChI is InChI=1S/C27H38F2O/c1-3-5-7-9-11-13-21-30-24-18-15-22(16-19-24)25-20-17-23(26(28)27(25)29)14-12-10-8-6-4-2/h15-20H,3-14,21H2,1-2H3. The topological polar surface area (TPSA) is 9.23 Å². The summed E-state index contributed by atoms with van der Waals surface area (Å²) in [5.41, 5.74) is 1.46. The van der Waals surface area contributed by atoms with E-state index in [0.29, 0.717) is 29.7 Å². The number of hydrogen-bond donors (Lipinski definition) is 0. The second-order valence-electron chi connectivity index (χ2n) is 8.21. The van der Waals surface area contributed by atoms with Crippen LogP contribution in [0.25, 0.3) is 11.1 Å². The van der Waals surface area contributed by atoms with Crippen LogP contribution in [-0.4, -0.2) is 6.61 Å². The third-order valence-corrected chi connectivity index (χ3v) is 5.64. The molecule has 30 heavy (non-hydrogen) atoms. The van der Waals surface area contributed by atoms with E-state index >= 15 is 0 Å². The SMILES string of the molecule is CCCCCCCCOc1ccc(-c2ccc(CCCCCCC)c(F)c2F)cc1. The quantitative estimate of drug-likeness (QED) is 0.263. The summed E-state index contributed by atoms with van der Waals surface area (Å²) in [6.45, 7) is 5.08. The molecule has 166 valence electrons. The largest absolute Gasteiger partial charge is 0.494 e. The third-order valence-electron chi connectivity index (χ3n) is 5.64. The first-order valence-corrected chi connectivity index (χ1v) is 11.9. The van der Waals surface area contributed by atoms with Crippen LogP contribution in [0, 0.1) is 11.6 Å². The molecular weight excluding hydrogens is 378 g/mol. The molecule has 2 aromatic rings. The predicted octanol–water partition coefficient (Wildman–Crippen LogP) is 8.88. The van der Waals surface area contributed by atoms with Crippen LogP contribution in [0.15, 0.2) is 36.4 Å². The molecular formula is C27H38F2O. The van der Waals surface area contributed by atoms with E-state index in [1.54, 1.807) is 24.3 Å². The van der Waals surface area contributed by atoms with Crippen molar-refractivity contribution in [3.05, 3.63) is 53.6 Å². The van der Waals surface area contributed by atoms with Gasteiger partial charge in [-0.15, -0.1) is 0 Å². The van der Waals surface area contributed by atoms with Gasteiger partial charge in [-0.3, -0.25) is 0 Å². The Balaban J connectivity index is 1.85. The lowest BCUT2D eigenvalue weighted by Crippen LogP contribution is -1.99. The van der Waals surface area contributed by atoms with E-state index in [4.69, 9.17) is 4.74 Å². The van der Waals surface area contributed by atoms with Crippen LogP contribution in [0.1, 0.15) is 90.0 Å². The summed E-state index contributed by atoms with van der Waals surface area (Å²) in [7, 11) is 0. The Kier molecular flexibility index (Phi) is 11.5. The summed E-state index contributed by atoms with van der Waals surface area (Å²) < 4.78 is 34.9. The van der Waals surface area contributed by atoms with E-state index in [9.17, 15) is 8.78 Å². The average Bonchev–Trinajstić information content (AvgIpc) is 2.76. The van der Waals surface area contributed by atoms with Crippen LogP contribution >= 0.6 is 0 Å². The van der Waals surface area contributed by atoms with Crippen molar-refractivity contribution >= 4 is 0 Å². The minimum absolute atomic E-state index is 0.310. The molecule has 0 heterocycles. The van der Waals surface area contributed by atoms with Crippen molar-refractivity contribution in [1.29, 1.82) is 0 Å². The molecule has 0 N–H and O–H groups in total. The lowest BCUT2D eigenvalue weighted by molar-refractivity contribution is 0.304. The number of ether oxygens (including phenoxy) is 1. The molecule has 0 aliphatic rings. The molecule has 0 unspecified atom stereocenters. The second-order valence-corrected chi connectivity index (χ2v) is 8.21. The molecule has 0 saturated heterocycles. The van der Waals surface area contributed by atoms with Crippen LogP contribution in [-0.2, 0) is 6.42 Å². The molecule has 1 nitrogen and oxygen atoms in total. The third kappa shape index (κ3) is 8.08. The van der Waals surface area contributed by atoms with Crippen LogP contribution < -0.4 is 4.74 Å². The van der Waals surface area contributed by atoms with Gasteiger partial charge in [0.05, 0.1) is 6.61 Å². The number of benzene rings is 2.